The van der Waals surface area contributed by atoms with Gasteiger partial charge in [0.05, 0.1) is 0 Å². The van der Waals surface area contributed by atoms with Gasteiger partial charge in [-0.05, 0) is 108 Å². The molecule has 1 nitrogen and oxygen atoms in total. The Morgan fingerprint density at radius 3 is 1.47 bits per heavy atom. The van der Waals surface area contributed by atoms with Crippen LogP contribution in [0.25, 0.3) is 76.8 Å². The topological polar surface area (TPSA) is 12.9 Å². The lowest BCUT2D eigenvalue weighted by Gasteiger charge is -2.18. The Labute approximate surface area is 251 Å². The van der Waals surface area contributed by atoms with E-state index in [0.717, 1.165) is 5.56 Å². The number of benzene rings is 7. The van der Waals surface area contributed by atoms with E-state index in [1.54, 1.807) is 0 Å². The van der Waals surface area contributed by atoms with Crippen LogP contribution >= 0.6 is 0 Å². The largest absolute Gasteiger partial charge is 0.264 e. The molecule has 0 saturated heterocycles. The summed E-state index contributed by atoms with van der Waals surface area (Å²) in [5.74, 6) is 0. The van der Waals surface area contributed by atoms with Crippen LogP contribution in [0, 0.1) is 6.92 Å². The summed E-state index contributed by atoms with van der Waals surface area (Å²) in [6.07, 6.45) is 3.84. The number of fused-ring (bicyclic) bond motifs is 3. The lowest BCUT2D eigenvalue weighted by Crippen LogP contribution is -1.91. The van der Waals surface area contributed by atoms with Crippen molar-refractivity contribution in [3.63, 3.8) is 0 Å². The van der Waals surface area contributed by atoms with Crippen LogP contribution in [-0.2, 0) is 0 Å². The van der Waals surface area contributed by atoms with Crippen molar-refractivity contribution in [3.05, 3.63) is 164 Å². The average Bonchev–Trinajstić information content (AvgIpc) is 3.07. The van der Waals surface area contributed by atoms with Gasteiger partial charge in [0, 0.05) is 18.0 Å². The molecule has 0 spiro atoms. The zero-order valence-electron chi connectivity index (χ0n) is 24.0. The first-order valence-electron chi connectivity index (χ1n) is 14.8. The lowest BCUT2D eigenvalue weighted by atomic mass is 9.85. The Hall–Kier alpha value is -5.53. The van der Waals surface area contributed by atoms with Gasteiger partial charge in [-0.25, -0.2) is 0 Å². The van der Waals surface area contributed by atoms with Gasteiger partial charge >= 0.3 is 0 Å². The van der Waals surface area contributed by atoms with E-state index in [1.165, 1.54) is 76.8 Å². The van der Waals surface area contributed by atoms with Crippen LogP contribution in [0.2, 0.25) is 0 Å². The Morgan fingerprint density at radius 1 is 0.349 bits per heavy atom. The van der Waals surface area contributed by atoms with Crippen LogP contribution in [0.1, 0.15) is 5.56 Å². The summed E-state index contributed by atoms with van der Waals surface area (Å²) in [5.41, 5.74) is 11.0. The van der Waals surface area contributed by atoms with Crippen molar-refractivity contribution >= 4 is 32.3 Å². The number of nitrogens with zero attached hydrogens (tertiary/aromatic N) is 1. The second kappa shape index (κ2) is 10.4. The van der Waals surface area contributed by atoms with Gasteiger partial charge in [-0.3, -0.25) is 4.98 Å². The summed E-state index contributed by atoms with van der Waals surface area (Å²) in [4.78, 5) is 4.40. The monoisotopic (exact) mass is 547 g/mol. The van der Waals surface area contributed by atoms with E-state index in [0.29, 0.717) is 0 Å². The molecule has 0 fully saturated rings. The maximum atomic E-state index is 4.40. The van der Waals surface area contributed by atoms with Crippen molar-refractivity contribution in [3.8, 4) is 44.5 Å². The van der Waals surface area contributed by atoms with Gasteiger partial charge in [0.15, 0.2) is 0 Å². The molecule has 0 aliphatic rings. The Balaban J connectivity index is 1.27. The van der Waals surface area contributed by atoms with Crippen LogP contribution in [-0.4, -0.2) is 4.98 Å². The minimum Gasteiger partial charge on any atom is -0.264 e. The molecule has 0 unspecified atom stereocenters. The van der Waals surface area contributed by atoms with Crippen LogP contribution in [0.4, 0.5) is 0 Å². The number of rotatable bonds is 4. The van der Waals surface area contributed by atoms with Gasteiger partial charge in [0.25, 0.3) is 0 Å². The second-order valence-corrected chi connectivity index (χ2v) is 11.3. The fraction of sp³-hybridized carbons (Fsp3) is 0.0238. The average molecular weight is 548 g/mol. The third-order valence-corrected chi connectivity index (χ3v) is 8.53. The third-order valence-electron chi connectivity index (χ3n) is 8.53. The van der Waals surface area contributed by atoms with Gasteiger partial charge < -0.3 is 0 Å². The Bertz CT molecular complexity index is 2240. The van der Waals surface area contributed by atoms with E-state index in [2.05, 4.69) is 158 Å². The maximum Gasteiger partial charge on any atom is 0.0346 e. The van der Waals surface area contributed by atoms with E-state index in [9.17, 15) is 0 Å². The molecule has 8 aromatic rings. The highest BCUT2D eigenvalue weighted by atomic mass is 14.6. The molecule has 0 radical (unpaired) electrons. The molecule has 0 amide bonds. The molecule has 1 heterocycles. The zero-order chi connectivity index (χ0) is 28.8. The van der Waals surface area contributed by atoms with Crippen molar-refractivity contribution in [2.24, 2.45) is 0 Å². The molecule has 0 bridgehead atoms. The molecule has 0 saturated carbocycles. The van der Waals surface area contributed by atoms with Gasteiger partial charge in [-0.2, -0.15) is 0 Å². The fourth-order valence-corrected chi connectivity index (χ4v) is 6.53. The molecule has 43 heavy (non-hydrogen) atoms. The van der Waals surface area contributed by atoms with E-state index in [4.69, 9.17) is 0 Å². The lowest BCUT2D eigenvalue weighted by molar-refractivity contribution is 1.27. The predicted molar refractivity (Wildman–Crippen MR) is 183 cm³/mol. The first kappa shape index (κ1) is 25.2. The summed E-state index contributed by atoms with van der Waals surface area (Å²) in [5, 5.41) is 7.58. The highest BCUT2D eigenvalue weighted by Gasteiger charge is 2.16. The first-order chi connectivity index (χ1) is 21.2. The summed E-state index contributed by atoms with van der Waals surface area (Å²) >= 11 is 0. The summed E-state index contributed by atoms with van der Waals surface area (Å²) in [6, 6.07) is 53.1. The molecule has 1 aromatic heterocycles. The highest BCUT2D eigenvalue weighted by molar-refractivity contribution is 6.21. The molecular weight excluding hydrogens is 518 g/mol. The van der Waals surface area contributed by atoms with Crippen LogP contribution in [0.15, 0.2) is 158 Å². The van der Waals surface area contributed by atoms with E-state index in [1.807, 2.05) is 12.4 Å². The Kier molecular flexibility index (Phi) is 6.09. The van der Waals surface area contributed by atoms with Gasteiger partial charge in [-0.1, -0.05) is 121 Å². The number of hydrogen-bond donors (Lipinski definition) is 0. The minimum atomic E-state index is 1.14. The molecule has 0 atom stereocenters. The van der Waals surface area contributed by atoms with Crippen molar-refractivity contribution in [1.29, 1.82) is 0 Å². The van der Waals surface area contributed by atoms with E-state index >= 15 is 0 Å². The predicted octanol–water partition coefficient (Wildman–Crippen LogP) is 11.5. The number of aryl methyl sites for hydroxylation is 1. The second-order valence-electron chi connectivity index (χ2n) is 11.3. The summed E-state index contributed by atoms with van der Waals surface area (Å²) < 4.78 is 0. The van der Waals surface area contributed by atoms with Crippen molar-refractivity contribution in [2.75, 3.05) is 0 Å². The molecular formula is C42H29N. The van der Waals surface area contributed by atoms with Crippen LogP contribution in [0.3, 0.4) is 0 Å². The molecule has 0 aliphatic heterocycles. The minimum absolute atomic E-state index is 1.14. The van der Waals surface area contributed by atoms with Crippen LogP contribution < -0.4 is 0 Å². The first-order valence-corrected chi connectivity index (χ1v) is 14.8. The maximum absolute atomic E-state index is 4.40. The SMILES string of the molecule is Cc1cncc(-c2cccc(-c3ccc4cc(-c5c6ccccc6c(-c6ccccc6)c6ccccc56)ccc4c3)c2)c1. The smallest absolute Gasteiger partial charge is 0.0346 e. The fourth-order valence-electron chi connectivity index (χ4n) is 6.53. The molecule has 202 valence electrons. The molecule has 0 aliphatic carbocycles. The quantitative estimate of drug-likeness (QED) is 0.200. The number of aromatic nitrogens is 1. The van der Waals surface area contributed by atoms with Crippen molar-refractivity contribution in [2.45, 2.75) is 6.92 Å². The standard InChI is InChI=1S/C42H29N/c1-28-22-36(27-43-26-28)31-13-9-12-30(23-31)32-18-19-34-25-35(21-20-33(34)24-32)42-39-16-7-5-14-37(39)41(29-10-3-2-4-11-29)38-15-6-8-17-40(38)42/h2-27H,1H3. The third kappa shape index (κ3) is 4.47. The van der Waals surface area contributed by atoms with Gasteiger partial charge in [-0.15, -0.1) is 0 Å². The zero-order valence-corrected chi connectivity index (χ0v) is 24.0. The summed E-state index contributed by atoms with van der Waals surface area (Å²) in [6.45, 7) is 2.08. The van der Waals surface area contributed by atoms with E-state index in [-0.39, 0.29) is 0 Å². The molecule has 1 heteroatoms. The van der Waals surface area contributed by atoms with E-state index < -0.39 is 0 Å². The van der Waals surface area contributed by atoms with Gasteiger partial charge in [0.1, 0.15) is 0 Å². The normalized spacial score (nSPS) is 11.4. The van der Waals surface area contributed by atoms with Crippen LogP contribution in [0.5, 0.6) is 0 Å². The van der Waals surface area contributed by atoms with Crippen molar-refractivity contribution < 1.29 is 0 Å². The van der Waals surface area contributed by atoms with Crippen molar-refractivity contribution in [1.82, 2.24) is 4.98 Å². The summed E-state index contributed by atoms with van der Waals surface area (Å²) in [7, 11) is 0. The number of hydrogen-bond acceptors (Lipinski definition) is 1. The molecule has 8 rings (SSSR count). The van der Waals surface area contributed by atoms with Gasteiger partial charge in [0.2, 0.25) is 0 Å². The molecule has 0 N–H and O–H groups in total. The number of pyridine rings is 1. The Morgan fingerprint density at radius 2 is 0.837 bits per heavy atom. The highest BCUT2D eigenvalue weighted by Crippen LogP contribution is 2.44. The molecule has 7 aromatic carbocycles.